The van der Waals surface area contributed by atoms with E-state index in [1.165, 1.54) is 27.5 Å². The zero-order chi connectivity index (χ0) is 13.0. The Balaban J connectivity index is 0.00000121. The monoisotopic (exact) mass is 374 g/mol. The number of aryl methyl sites for hydroxylation is 2. The highest BCUT2D eigenvalue weighted by Gasteiger charge is 2.15. The lowest BCUT2D eigenvalue weighted by atomic mass is 10.1. The van der Waals surface area contributed by atoms with Gasteiger partial charge in [-0.1, -0.05) is 30.3 Å². The van der Waals surface area contributed by atoms with Crippen molar-refractivity contribution < 1.29 is 0 Å². The molecule has 0 saturated heterocycles. The molecule has 2 heterocycles. The molecule has 20 heavy (non-hydrogen) atoms. The Bertz CT molecular complexity index is 892. The molecule has 2 aliphatic rings. The fourth-order valence-corrected chi connectivity index (χ4v) is 2.88. The number of nitrogens with zero attached hydrogens (tertiary/aromatic N) is 2. The smallest absolute Gasteiger partial charge is 0.0887 e. The number of aromatic nitrogens is 2. The number of hydrogen-bond acceptors (Lipinski definition) is 1. The van der Waals surface area contributed by atoms with Crippen molar-refractivity contribution in [2.75, 3.05) is 0 Å². The van der Waals surface area contributed by atoms with E-state index in [1.54, 1.807) is 0 Å². The van der Waals surface area contributed by atoms with E-state index in [0.29, 0.717) is 0 Å². The summed E-state index contributed by atoms with van der Waals surface area (Å²) in [5, 5.41) is 2.46. The molecule has 100 valence electrons. The van der Waals surface area contributed by atoms with Crippen LogP contribution in [0.1, 0.15) is 5.56 Å². The van der Waals surface area contributed by atoms with E-state index in [2.05, 4.69) is 61.0 Å². The van der Waals surface area contributed by atoms with E-state index in [9.17, 15) is 0 Å². The lowest BCUT2D eigenvalue weighted by molar-refractivity contribution is 0.966. The topological polar surface area (TPSA) is 17.8 Å². The SMILES string of the molecule is Cc1ccc2cc3nc4ccccc4c-3n(C)c2c1.I. The summed E-state index contributed by atoms with van der Waals surface area (Å²) in [4.78, 5) is 4.73. The van der Waals surface area contributed by atoms with Gasteiger partial charge in [-0.25, -0.2) is 4.98 Å². The van der Waals surface area contributed by atoms with Crippen LogP contribution < -0.4 is 0 Å². The molecule has 0 fully saturated rings. The summed E-state index contributed by atoms with van der Waals surface area (Å²) < 4.78 is 2.26. The Morgan fingerprint density at radius 3 is 2.65 bits per heavy atom. The summed E-state index contributed by atoms with van der Waals surface area (Å²) in [6.07, 6.45) is 0. The molecule has 0 atom stereocenters. The van der Waals surface area contributed by atoms with Gasteiger partial charge in [0.15, 0.2) is 0 Å². The molecule has 2 aromatic carbocycles. The van der Waals surface area contributed by atoms with Crippen molar-refractivity contribution in [1.29, 1.82) is 0 Å². The van der Waals surface area contributed by atoms with Gasteiger partial charge in [-0.15, -0.1) is 24.0 Å². The van der Waals surface area contributed by atoms with Gasteiger partial charge in [0.25, 0.3) is 0 Å². The predicted octanol–water partition coefficient (Wildman–Crippen LogP) is 4.76. The van der Waals surface area contributed by atoms with Gasteiger partial charge in [0.2, 0.25) is 0 Å². The van der Waals surface area contributed by atoms with Crippen molar-refractivity contribution in [3.63, 3.8) is 0 Å². The van der Waals surface area contributed by atoms with Crippen LogP contribution >= 0.6 is 24.0 Å². The van der Waals surface area contributed by atoms with Gasteiger partial charge in [-0.05, 0) is 30.7 Å². The molecule has 2 aromatic rings. The molecule has 0 radical (unpaired) electrons. The molecule has 2 nitrogen and oxygen atoms in total. The van der Waals surface area contributed by atoms with Crippen LogP contribution in [0.15, 0.2) is 48.5 Å². The third kappa shape index (κ3) is 1.80. The number of fused-ring (bicyclic) bond motifs is 4. The molecule has 0 unspecified atom stereocenters. The molecule has 0 bridgehead atoms. The molecule has 4 rings (SSSR count). The normalized spacial score (nSPS) is 11.1. The maximum absolute atomic E-state index is 4.73. The Morgan fingerprint density at radius 1 is 1.00 bits per heavy atom. The Labute approximate surface area is 134 Å². The minimum atomic E-state index is 0. The summed E-state index contributed by atoms with van der Waals surface area (Å²) >= 11 is 0. The average molecular weight is 374 g/mol. The summed E-state index contributed by atoms with van der Waals surface area (Å²) in [5.74, 6) is 0. The summed E-state index contributed by atoms with van der Waals surface area (Å²) in [6.45, 7) is 2.13. The Kier molecular flexibility index (Phi) is 3.17. The largest absolute Gasteiger partial charge is 0.342 e. The van der Waals surface area contributed by atoms with Crippen LogP contribution in [0, 0.1) is 6.92 Å². The van der Waals surface area contributed by atoms with Crippen LogP contribution in [0.5, 0.6) is 0 Å². The lowest BCUT2D eigenvalue weighted by Crippen LogP contribution is -1.99. The summed E-state index contributed by atoms with van der Waals surface area (Å²) in [6, 6.07) is 17.1. The fraction of sp³-hybridized carbons (Fsp3) is 0.118. The second-order valence-electron chi connectivity index (χ2n) is 5.13. The van der Waals surface area contributed by atoms with Gasteiger partial charge < -0.3 is 4.57 Å². The molecule has 2 aliphatic heterocycles. The molecule has 3 heteroatoms. The van der Waals surface area contributed by atoms with E-state index in [4.69, 9.17) is 4.98 Å². The van der Waals surface area contributed by atoms with Crippen molar-refractivity contribution in [3.05, 3.63) is 54.1 Å². The van der Waals surface area contributed by atoms with Crippen LogP contribution in [0.4, 0.5) is 0 Å². The minimum absolute atomic E-state index is 0. The van der Waals surface area contributed by atoms with E-state index >= 15 is 0 Å². The number of halogens is 1. The van der Waals surface area contributed by atoms with Gasteiger partial charge in [0.1, 0.15) is 0 Å². The third-order valence-electron chi connectivity index (χ3n) is 3.82. The molecular formula is C17H15IN2. The highest BCUT2D eigenvalue weighted by atomic mass is 127. The second kappa shape index (κ2) is 4.74. The van der Waals surface area contributed by atoms with Crippen molar-refractivity contribution in [1.82, 2.24) is 9.55 Å². The fourth-order valence-electron chi connectivity index (χ4n) is 2.88. The minimum Gasteiger partial charge on any atom is -0.342 e. The standard InChI is InChI=1S/C17H14N2.HI/c1-11-7-8-12-10-15-17(19(2)16(12)9-11)13-5-3-4-6-14(13)18-15;/h3-10H,1-2H3;1H. The first-order chi connectivity index (χ1) is 9.24. The van der Waals surface area contributed by atoms with E-state index in [-0.39, 0.29) is 24.0 Å². The van der Waals surface area contributed by atoms with Crippen molar-refractivity contribution in [2.24, 2.45) is 7.05 Å². The molecule has 0 N–H and O–H groups in total. The van der Waals surface area contributed by atoms with Crippen LogP contribution in [0.25, 0.3) is 33.2 Å². The Hall–Kier alpha value is -1.62. The highest BCUT2D eigenvalue weighted by molar-refractivity contribution is 14.0. The third-order valence-corrected chi connectivity index (χ3v) is 3.82. The van der Waals surface area contributed by atoms with Crippen molar-refractivity contribution in [2.45, 2.75) is 6.92 Å². The van der Waals surface area contributed by atoms with Crippen LogP contribution in [-0.2, 0) is 7.05 Å². The first kappa shape index (κ1) is 13.4. The van der Waals surface area contributed by atoms with Crippen molar-refractivity contribution >= 4 is 45.8 Å². The molecule has 0 spiro atoms. The number of rotatable bonds is 0. The van der Waals surface area contributed by atoms with E-state index < -0.39 is 0 Å². The predicted molar refractivity (Wildman–Crippen MR) is 95.0 cm³/mol. The second-order valence-corrected chi connectivity index (χ2v) is 5.13. The average Bonchev–Trinajstić information content (AvgIpc) is 2.78. The molecule has 0 amide bonds. The highest BCUT2D eigenvalue weighted by Crippen LogP contribution is 2.34. The number of hydrogen-bond donors (Lipinski definition) is 0. The maximum Gasteiger partial charge on any atom is 0.0887 e. The van der Waals surface area contributed by atoms with Gasteiger partial charge in [-0.3, -0.25) is 0 Å². The first-order valence-corrected chi connectivity index (χ1v) is 6.48. The van der Waals surface area contributed by atoms with E-state index in [1.807, 2.05) is 6.07 Å². The lowest BCUT2D eigenvalue weighted by Gasteiger charge is -2.12. The van der Waals surface area contributed by atoms with Crippen LogP contribution in [0.3, 0.4) is 0 Å². The zero-order valence-electron chi connectivity index (χ0n) is 11.4. The Morgan fingerprint density at radius 2 is 1.80 bits per heavy atom. The molecule has 0 aliphatic carbocycles. The summed E-state index contributed by atoms with van der Waals surface area (Å²) in [5.41, 5.74) is 5.89. The number of pyridine rings is 1. The zero-order valence-corrected chi connectivity index (χ0v) is 13.8. The van der Waals surface area contributed by atoms with E-state index in [0.717, 1.165) is 11.2 Å². The van der Waals surface area contributed by atoms with Crippen molar-refractivity contribution in [3.8, 4) is 11.4 Å². The van der Waals surface area contributed by atoms with Gasteiger partial charge in [-0.2, -0.15) is 0 Å². The van der Waals surface area contributed by atoms with Crippen LogP contribution in [-0.4, -0.2) is 9.55 Å². The van der Waals surface area contributed by atoms with Gasteiger partial charge in [0, 0.05) is 23.3 Å². The molecular weight excluding hydrogens is 359 g/mol. The van der Waals surface area contributed by atoms with Gasteiger partial charge >= 0.3 is 0 Å². The van der Waals surface area contributed by atoms with Crippen LogP contribution in [0.2, 0.25) is 0 Å². The molecule has 0 saturated carbocycles. The molecule has 0 aromatic heterocycles. The quantitative estimate of drug-likeness (QED) is 0.406. The number of benzene rings is 2. The summed E-state index contributed by atoms with van der Waals surface area (Å²) in [7, 11) is 2.12. The maximum atomic E-state index is 4.73. The van der Waals surface area contributed by atoms with Gasteiger partial charge in [0.05, 0.1) is 16.9 Å². The number of para-hydroxylation sites is 1. The first-order valence-electron chi connectivity index (χ1n) is 6.48.